The zero-order valence-electron chi connectivity index (χ0n) is 6.80. The smallest absolute Gasteiger partial charge is 0.346 e. The molecule has 0 aromatic heterocycles. The second kappa shape index (κ2) is 6.61. The molecule has 3 nitrogen and oxygen atoms in total. The maximum Gasteiger partial charge on any atom is 0.346 e. The van der Waals surface area contributed by atoms with E-state index in [1.54, 1.807) is 0 Å². The molecule has 0 aliphatic heterocycles. The van der Waals surface area contributed by atoms with Crippen molar-refractivity contribution in [3.8, 4) is 0 Å². The van der Waals surface area contributed by atoms with Gasteiger partial charge in [-0.25, -0.2) is 4.79 Å². The van der Waals surface area contributed by atoms with E-state index in [0.717, 1.165) is 6.42 Å². The molecule has 0 aliphatic rings. The van der Waals surface area contributed by atoms with Crippen LogP contribution in [0.5, 0.6) is 0 Å². The summed E-state index contributed by atoms with van der Waals surface area (Å²) in [5.74, 6) is -0.353. The highest BCUT2D eigenvalue weighted by Crippen LogP contribution is 2.03. The zero-order chi connectivity index (χ0) is 8.69. The zero-order valence-corrected chi connectivity index (χ0v) is 8.39. The van der Waals surface area contributed by atoms with Crippen LogP contribution in [0.1, 0.15) is 20.3 Å². The molecule has 0 bridgehead atoms. The van der Waals surface area contributed by atoms with Crippen molar-refractivity contribution in [1.82, 2.24) is 0 Å². The number of carbonyl (C=O) groups excluding carboxylic acids is 1. The summed E-state index contributed by atoms with van der Waals surface area (Å²) >= 11 is 3.04. The van der Waals surface area contributed by atoms with E-state index < -0.39 is 5.01 Å². The van der Waals surface area contributed by atoms with Gasteiger partial charge >= 0.3 is 5.97 Å². The van der Waals surface area contributed by atoms with Gasteiger partial charge < -0.3 is 9.47 Å². The van der Waals surface area contributed by atoms with Crippen LogP contribution in [0.2, 0.25) is 0 Å². The molecule has 4 heteroatoms. The fraction of sp³-hybridized carbons (Fsp3) is 0.857. The van der Waals surface area contributed by atoms with E-state index in [0.29, 0.717) is 13.2 Å². The second-order valence-corrected chi connectivity index (χ2v) is 2.77. The molecule has 11 heavy (non-hydrogen) atoms. The monoisotopic (exact) mass is 224 g/mol. The number of hydrogen-bond acceptors (Lipinski definition) is 3. The first-order chi connectivity index (χ1) is 5.22. The van der Waals surface area contributed by atoms with Gasteiger partial charge in [0.25, 0.3) is 0 Å². The van der Waals surface area contributed by atoms with Gasteiger partial charge in [-0.05, 0) is 29.3 Å². The molecule has 0 radical (unpaired) electrons. The molecule has 0 aromatic rings. The number of hydrogen-bond donors (Lipinski definition) is 0. The third-order valence-electron chi connectivity index (χ3n) is 0.947. The maximum atomic E-state index is 10.9. The summed E-state index contributed by atoms with van der Waals surface area (Å²) in [6.45, 7) is 4.71. The van der Waals surface area contributed by atoms with Crippen LogP contribution in [0.3, 0.4) is 0 Å². The highest BCUT2D eigenvalue weighted by atomic mass is 79.9. The fourth-order valence-corrected chi connectivity index (χ4v) is 0.879. The van der Waals surface area contributed by atoms with Crippen LogP contribution in [0.4, 0.5) is 0 Å². The minimum absolute atomic E-state index is 0.353. The Hall–Kier alpha value is -0.0900. The van der Waals surface area contributed by atoms with Gasteiger partial charge in [0.2, 0.25) is 5.01 Å². The Bertz CT molecular complexity index is 116. The van der Waals surface area contributed by atoms with Crippen molar-refractivity contribution in [3.05, 3.63) is 0 Å². The first kappa shape index (κ1) is 10.9. The van der Waals surface area contributed by atoms with Crippen LogP contribution in [-0.4, -0.2) is 24.2 Å². The van der Waals surface area contributed by atoms with Crippen molar-refractivity contribution < 1.29 is 14.3 Å². The number of carbonyl (C=O) groups is 1. The lowest BCUT2D eigenvalue weighted by Gasteiger charge is -2.08. The average molecular weight is 225 g/mol. The molecule has 0 aromatic carbocycles. The van der Waals surface area contributed by atoms with Gasteiger partial charge in [-0.1, -0.05) is 6.92 Å². The Morgan fingerprint density at radius 3 is 2.64 bits per heavy atom. The van der Waals surface area contributed by atoms with Crippen LogP contribution in [-0.2, 0) is 14.3 Å². The number of rotatable bonds is 5. The molecule has 66 valence electrons. The Labute approximate surface area is 75.2 Å². The quantitative estimate of drug-likeness (QED) is 0.527. The standard InChI is InChI=1S/C7H13BrO3/c1-3-5-11-7(9)6(8)10-4-2/h6H,3-5H2,1-2H3. The Kier molecular flexibility index (Phi) is 6.56. The van der Waals surface area contributed by atoms with Crippen molar-refractivity contribution in [2.75, 3.05) is 13.2 Å². The van der Waals surface area contributed by atoms with Crippen LogP contribution in [0.15, 0.2) is 0 Å². The first-order valence-electron chi connectivity index (χ1n) is 3.64. The van der Waals surface area contributed by atoms with Gasteiger partial charge in [0.1, 0.15) is 0 Å². The lowest BCUT2D eigenvalue weighted by molar-refractivity contribution is -0.150. The van der Waals surface area contributed by atoms with E-state index >= 15 is 0 Å². The van der Waals surface area contributed by atoms with Gasteiger partial charge in [0, 0.05) is 6.61 Å². The Balaban J connectivity index is 3.47. The summed E-state index contributed by atoms with van der Waals surface area (Å²) in [5.41, 5.74) is 0. The lowest BCUT2D eigenvalue weighted by Crippen LogP contribution is -2.20. The van der Waals surface area contributed by atoms with Crippen LogP contribution in [0.25, 0.3) is 0 Å². The molecule has 0 saturated carbocycles. The van der Waals surface area contributed by atoms with Crippen LogP contribution in [0, 0.1) is 0 Å². The highest BCUT2D eigenvalue weighted by molar-refractivity contribution is 9.09. The molecule has 1 atom stereocenters. The van der Waals surface area contributed by atoms with Gasteiger partial charge in [0.05, 0.1) is 6.61 Å². The van der Waals surface area contributed by atoms with Crippen LogP contribution < -0.4 is 0 Å². The van der Waals surface area contributed by atoms with Crippen molar-refractivity contribution in [2.45, 2.75) is 25.3 Å². The summed E-state index contributed by atoms with van der Waals surface area (Å²) in [5, 5.41) is -0.612. The van der Waals surface area contributed by atoms with E-state index in [-0.39, 0.29) is 5.97 Å². The largest absolute Gasteiger partial charge is 0.463 e. The lowest BCUT2D eigenvalue weighted by atomic mass is 10.5. The van der Waals surface area contributed by atoms with Crippen molar-refractivity contribution in [2.24, 2.45) is 0 Å². The summed E-state index contributed by atoms with van der Waals surface area (Å²) in [4.78, 5) is 10.9. The van der Waals surface area contributed by atoms with Gasteiger partial charge in [-0.2, -0.15) is 0 Å². The highest BCUT2D eigenvalue weighted by Gasteiger charge is 2.14. The van der Waals surface area contributed by atoms with Crippen molar-refractivity contribution in [1.29, 1.82) is 0 Å². The minimum Gasteiger partial charge on any atom is -0.463 e. The van der Waals surface area contributed by atoms with Crippen molar-refractivity contribution >= 4 is 21.9 Å². The predicted octanol–water partition coefficient (Wildman–Crippen LogP) is 1.70. The fourth-order valence-electron chi connectivity index (χ4n) is 0.483. The van der Waals surface area contributed by atoms with E-state index in [1.165, 1.54) is 0 Å². The molecule has 0 saturated heterocycles. The van der Waals surface area contributed by atoms with Gasteiger partial charge in [-0.15, -0.1) is 0 Å². The molecule has 0 amide bonds. The van der Waals surface area contributed by atoms with E-state index in [9.17, 15) is 4.79 Å². The number of ether oxygens (including phenoxy) is 2. The normalized spacial score (nSPS) is 12.6. The number of halogens is 1. The summed E-state index contributed by atoms with van der Waals surface area (Å²) in [6.07, 6.45) is 0.831. The molecular weight excluding hydrogens is 212 g/mol. The second-order valence-electron chi connectivity index (χ2n) is 1.94. The maximum absolute atomic E-state index is 10.9. The van der Waals surface area contributed by atoms with E-state index in [2.05, 4.69) is 15.9 Å². The van der Waals surface area contributed by atoms with E-state index in [1.807, 2.05) is 13.8 Å². The molecule has 0 spiro atoms. The summed E-state index contributed by atoms with van der Waals surface area (Å²) in [6, 6.07) is 0. The molecular formula is C7H13BrO3. The van der Waals surface area contributed by atoms with Crippen LogP contribution >= 0.6 is 15.9 Å². The van der Waals surface area contributed by atoms with Crippen molar-refractivity contribution in [3.63, 3.8) is 0 Å². The van der Waals surface area contributed by atoms with Gasteiger partial charge in [0.15, 0.2) is 0 Å². The third-order valence-corrected chi connectivity index (χ3v) is 1.58. The molecule has 0 N–H and O–H groups in total. The molecule has 1 unspecified atom stereocenters. The number of alkyl halides is 1. The third kappa shape index (κ3) is 5.21. The topological polar surface area (TPSA) is 35.5 Å². The Morgan fingerprint density at radius 2 is 2.18 bits per heavy atom. The molecule has 0 rings (SSSR count). The summed E-state index contributed by atoms with van der Waals surface area (Å²) in [7, 11) is 0. The SMILES string of the molecule is CCCOC(=O)C(Br)OCC. The Morgan fingerprint density at radius 1 is 1.55 bits per heavy atom. The predicted molar refractivity (Wildman–Crippen MR) is 45.6 cm³/mol. The van der Waals surface area contributed by atoms with E-state index in [4.69, 9.17) is 9.47 Å². The first-order valence-corrected chi connectivity index (χ1v) is 4.56. The molecule has 0 fully saturated rings. The average Bonchev–Trinajstić information content (AvgIpc) is 2.00. The molecule has 0 heterocycles. The minimum atomic E-state index is -0.612. The molecule has 0 aliphatic carbocycles. The summed E-state index contributed by atoms with van der Waals surface area (Å²) < 4.78 is 9.74. The van der Waals surface area contributed by atoms with Gasteiger partial charge in [-0.3, -0.25) is 0 Å². The number of esters is 1.